The lowest BCUT2D eigenvalue weighted by Crippen LogP contribution is -2.31. The molecule has 0 amide bonds. The largest absolute Gasteiger partial charge is 0.497 e. The number of hydrogen-bond acceptors (Lipinski definition) is 3. The quantitative estimate of drug-likeness (QED) is 0.870. The summed E-state index contributed by atoms with van der Waals surface area (Å²) in [4.78, 5) is 0. The Morgan fingerprint density at radius 3 is 2.78 bits per heavy atom. The Morgan fingerprint density at radius 1 is 1.33 bits per heavy atom. The summed E-state index contributed by atoms with van der Waals surface area (Å²) in [7, 11) is 1.69. The Hall–Kier alpha value is -1.06. The first kappa shape index (κ1) is 13.4. The third-order valence-corrected chi connectivity index (χ3v) is 3.55. The third-order valence-electron chi connectivity index (χ3n) is 3.55. The Morgan fingerprint density at radius 2 is 2.11 bits per heavy atom. The molecule has 1 aliphatic rings. The van der Waals surface area contributed by atoms with E-state index in [1.54, 1.807) is 7.11 Å². The van der Waals surface area contributed by atoms with E-state index < -0.39 is 0 Å². The molecule has 2 unspecified atom stereocenters. The molecule has 3 nitrogen and oxygen atoms in total. The fraction of sp³-hybridized carbons (Fsp3) is 0.600. The van der Waals surface area contributed by atoms with Crippen LogP contribution in [0.15, 0.2) is 24.3 Å². The van der Waals surface area contributed by atoms with E-state index in [0.717, 1.165) is 25.4 Å². The molecule has 1 aromatic rings. The van der Waals surface area contributed by atoms with Gasteiger partial charge in [0.1, 0.15) is 5.75 Å². The molecule has 0 radical (unpaired) electrons. The van der Waals surface area contributed by atoms with Crippen molar-refractivity contribution in [2.45, 2.75) is 25.9 Å². The fourth-order valence-electron chi connectivity index (χ4n) is 2.54. The molecule has 2 atom stereocenters. The highest BCUT2D eigenvalue weighted by molar-refractivity contribution is 5.29. The van der Waals surface area contributed by atoms with Crippen molar-refractivity contribution in [3.8, 4) is 5.75 Å². The van der Waals surface area contributed by atoms with E-state index in [1.165, 1.54) is 18.4 Å². The van der Waals surface area contributed by atoms with Crippen molar-refractivity contribution in [1.82, 2.24) is 5.32 Å². The lowest BCUT2D eigenvalue weighted by atomic mass is 9.89. The molecule has 1 heterocycles. The first-order chi connectivity index (χ1) is 8.85. The van der Waals surface area contributed by atoms with Crippen LogP contribution >= 0.6 is 0 Å². The molecule has 1 saturated heterocycles. The van der Waals surface area contributed by atoms with Gasteiger partial charge in [0.15, 0.2) is 0 Å². The monoisotopic (exact) mass is 249 g/mol. The second-order valence-electron chi connectivity index (χ2n) is 4.77. The van der Waals surface area contributed by atoms with Crippen LogP contribution in [0.2, 0.25) is 0 Å². The SMILES string of the molecule is CCNCC1CCCOC1c1ccc(OC)cc1. The van der Waals surface area contributed by atoms with Gasteiger partial charge in [-0.2, -0.15) is 0 Å². The van der Waals surface area contributed by atoms with Gasteiger partial charge in [-0.05, 0) is 37.1 Å². The van der Waals surface area contributed by atoms with Crippen LogP contribution in [0.1, 0.15) is 31.4 Å². The van der Waals surface area contributed by atoms with Gasteiger partial charge in [-0.1, -0.05) is 19.1 Å². The highest BCUT2D eigenvalue weighted by Crippen LogP contribution is 2.33. The zero-order valence-electron chi connectivity index (χ0n) is 11.3. The second kappa shape index (κ2) is 6.76. The zero-order valence-corrected chi connectivity index (χ0v) is 11.3. The van der Waals surface area contributed by atoms with Gasteiger partial charge in [-0.15, -0.1) is 0 Å². The molecular weight excluding hydrogens is 226 g/mol. The maximum Gasteiger partial charge on any atom is 0.118 e. The van der Waals surface area contributed by atoms with Crippen molar-refractivity contribution < 1.29 is 9.47 Å². The molecular formula is C15H23NO2. The Labute approximate surface area is 109 Å². The summed E-state index contributed by atoms with van der Waals surface area (Å²) >= 11 is 0. The van der Waals surface area contributed by atoms with Crippen molar-refractivity contribution in [1.29, 1.82) is 0 Å². The zero-order chi connectivity index (χ0) is 12.8. The van der Waals surface area contributed by atoms with E-state index in [-0.39, 0.29) is 6.10 Å². The predicted molar refractivity (Wildman–Crippen MR) is 73.0 cm³/mol. The highest BCUT2D eigenvalue weighted by Gasteiger charge is 2.26. The van der Waals surface area contributed by atoms with Crippen molar-refractivity contribution in [3.63, 3.8) is 0 Å². The molecule has 0 spiro atoms. The van der Waals surface area contributed by atoms with Crippen LogP contribution in [-0.4, -0.2) is 26.8 Å². The second-order valence-corrected chi connectivity index (χ2v) is 4.77. The molecule has 0 aromatic heterocycles. The Balaban J connectivity index is 2.06. The maximum absolute atomic E-state index is 5.97. The number of methoxy groups -OCH3 is 1. The van der Waals surface area contributed by atoms with Crippen LogP contribution in [0.25, 0.3) is 0 Å². The molecule has 0 saturated carbocycles. The smallest absolute Gasteiger partial charge is 0.118 e. The molecule has 1 aromatic carbocycles. The van der Waals surface area contributed by atoms with Crippen LogP contribution in [0, 0.1) is 5.92 Å². The van der Waals surface area contributed by atoms with Crippen LogP contribution in [0.5, 0.6) is 5.75 Å². The summed E-state index contributed by atoms with van der Waals surface area (Å²) in [6, 6.07) is 8.26. The summed E-state index contributed by atoms with van der Waals surface area (Å²) in [5.41, 5.74) is 1.26. The lowest BCUT2D eigenvalue weighted by molar-refractivity contribution is -0.0276. The molecule has 2 rings (SSSR count). The predicted octanol–water partition coefficient (Wildman–Crippen LogP) is 2.77. The van der Waals surface area contributed by atoms with Crippen molar-refractivity contribution in [2.75, 3.05) is 26.8 Å². The van der Waals surface area contributed by atoms with Gasteiger partial charge in [-0.3, -0.25) is 0 Å². The van der Waals surface area contributed by atoms with Gasteiger partial charge < -0.3 is 14.8 Å². The minimum Gasteiger partial charge on any atom is -0.497 e. The Bertz CT molecular complexity index is 350. The van der Waals surface area contributed by atoms with Crippen molar-refractivity contribution in [2.24, 2.45) is 5.92 Å². The summed E-state index contributed by atoms with van der Waals surface area (Å²) < 4.78 is 11.2. The summed E-state index contributed by atoms with van der Waals surface area (Å²) in [6.07, 6.45) is 2.63. The molecule has 0 aliphatic carbocycles. The summed E-state index contributed by atoms with van der Waals surface area (Å²) in [5.74, 6) is 1.48. The fourth-order valence-corrected chi connectivity index (χ4v) is 2.54. The van der Waals surface area contributed by atoms with E-state index in [2.05, 4.69) is 24.4 Å². The van der Waals surface area contributed by atoms with Gasteiger partial charge in [0.05, 0.1) is 13.2 Å². The number of nitrogens with one attached hydrogen (secondary N) is 1. The number of ether oxygens (including phenoxy) is 2. The molecule has 1 aliphatic heterocycles. The van der Waals surface area contributed by atoms with Gasteiger partial charge >= 0.3 is 0 Å². The molecule has 100 valence electrons. The maximum atomic E-state index is 5.97. The topological polar surface area (TPSA) is 30.5 Å². The summed E-state index contributed by atoms with van der Waals surface area (Å²) in [5, 5.41) is 3.44. The average Bonchev–Trinajstić information content (AvgIpc) is 2.45. The standard InChI is InChI=1S/C15H23NO2/c1-3-16-11-13-5-4-10-18-15(13)12-6-8-14(17-2)9-7-12/h6-9,13,15-16H,3-5,10-11H2,1-2H3. The van der Waals surface area contributed by atoms with Gasteiger partial charge in [0.2, 0.25) is 0 Å². The number of hydrogen-bond donors (Lipinski definition) is 1. The first-order valence-corrected chi connectivity index (χ1v) is 6.81. The first-order valence-electron chi connectivity index (χ1n) is 6.81. The summed E-state index contributed by atoms with van der Waals surface area (Å²) in [6.45, 7) is 5.07. The minimum atomic E-state index is 0.226. The van der Waals surface area contributed by atoms with Gasteiger partial charge in [0.25, 0.3) is 0 Å². The number of rotatable bonds is 5. The van der Waals surface area contributed by atoms with Crippen LogP contribution in [-0.2, 0) is 4.74 Å². The molecule has 18 heavy (non-hydrogen) atoms. The molecule has 1 N–H and O–H groups in total. The van der Waals surface area contributed by atoms with Crippen LogP contribution < -0.4 is 10.1 Å². The van der Waals surface area contributed by atoms with Crippen LogP contribution in [0.4, 0.5) is 0 Å². The molecule has 3 heteroatoms. The lowest BCUT2D eigenvalue weighted by Gasteiger charge is -2.32. The van der Waals surface area contributed by atoms with E-state index in [4.69, 9.17) is 9.47 Å². The van der Waals surface area contributed by atoms with E-state index in [1.807, 2.05) is 12.1 Å². The normalized spacial score (nSPS) is 23.9. The van der Waals surface area contributed by atoms with E-state index in [0.29, 0.717) is 5.92 Å². The van der Waals surface area contributed by atoms with Crippen LogP contribution in [0.3, 0.4) is 0 Å². The van der Waals surface area contributed by atoms with E-state index >= 15 is 0 Å². The van der Waals surface area contributed by atoms with E-state index in [9.17, 15) is 0 Å². The highest BCUT2D eigenvalue weighted by atomic mass is 16.5. The Kier molecular flexibility index (Phi) is 5.02. The van der Waals surface area contributed by atoms with Gasteiger partial charge in [-0.25, -0.2) is 0 Å². The molecule has 0 bridgehead atoms. The third kappa shape index (κ3) is 3.24. The van der Waals surface area contributed by atoms with Gasteiger partial charge in [0, 0.05) is 19.1 Å². The van der Waals surface area contributed by atoms with Crippen molar-refractivity contribution in [3.05, 3.63) is 29.8 Å². The number of benzene rings is 1. The van der Waals surface area contributed by atoms with Crippen molar-refractivity contribution >= 4 is 0 Å². The minimum absolute atomic E-state index is 0.226. The average molecular weight is 249 g/mol. The molecule has 1 fully saturated rings.